The number of hydrogen-bond donors (Lipinski definition) is 1. The first-order chi connectivity index (χ1) is 12.4. The van der Waals surface area contributed by atoms with Crippen molar-refractivity contribution in [3.05, 3.63) is 59.7 Å². The SMILES string of the molecule is O=C(c1ccc(-c2ccccc2C(F)(F)F)cc1)N1CCOC[C@H]1CO. The van der Waals surface area contributed by atoms with E-state index < -0.39 is 17.8 Å². The first-order valence-corrected chi connectivity index (χ1v) is 8.18. The maximum absolute atomic E-state index is 13.2. The molecule has 0 unspecified atom stereocenters. The van der Waals surface area contributed by atoms with Crippen LogP contribution in [0.4, 0.5) is 13.2 Å². The Bertz CT molecular complexity index is 774. The van der Waals surface area contributed by atoms with Crippen LogP contribution in [0.1, 0.15) is 15.9 Å². The normalized spacial score (nSPS) is 18.0. The molecule has 1 heterocycles. The second kappa shape index (κ2) is 7.47. The maximum Gasteiger partial charge on any atom is 0.417 e. The number of nitrogens with zero attached hydrogens (tertiary/aromatic N) is 1. The van der Waals surface area contributed by atoms with E-state index in [2.05, 4.69) is 0 Å². The zero-order chi connectivity index (χ0) is 18.7. The molecule has 2 aromatic carbocycles. The molecule has 0 radical (unpaired) electrons. The molecule has 0 bridgehead atoms. The third kappa shape index (κ3) is 3.73. The van der Waals surface area contributed by atoms with Crippen molar-refractivity contribution in [3.8, 4) is 11.1 Å². The molecule has 7 heteroatoms. The van der Waals surface area contributed by atoms with E-state index in [1.807, 2.05) is 0 Å². The van der Waals surface area contributed by atoms with Gasteiger partial charge in [-0.3, -0.25) is 4.79 Å². The lowest BCUT2D eigenvalue weighted by molar-refractivity contribution is -0.137. The number of amides is 1. The molecule has 1 fully saturated rings. The molecule has 4 nitrogen and oxygen atoms in total. The van der Waals surface area contributed by atoms with Crippen molar-refractivity contribution in [3.63, 3.8) is 0 Å². The Balaban J connectivity index is 1.87. The summed E-state index contributed by atoms with van der Waals surface area (Å²) in [4.78, 5) is 14.2. The maximum atomic E-state index is 13.2. The minimum atomic E-state index is -4.45. The highest BCUT2D eigenvalue weighted by Gasteiger charge is 2.33. The van der Waals surface area contributed by atoms with E-state index in [0.717, 1.165) is 6.07 Å². The van der Waals surface area contributed by atoms with E-state index in [4.69, 9.17) is 4.74 Å². The summed E-state index contributed by atoms with van der Waals surface area (Å²) in [6.45, 7) is 0.810. The lowest BCUT2D eigenvalue weighted by atomic mass is 9.98. The molecule has 1 amide bonds. The fourth-order valence-corrected chi connectivity index (χ4v) is 3.01. The van der Waals surface area contributed by atoms with Crippen LogP contribution < -0.4 is 0 Å². The number of aliphatic hydroxyl groups is 1. The van der Waals surface area contributed by atoms with Gasteiger partial charge in [0.2, 0.25) is 0 Å². The van der Waals surface area contributed by atoms with Crippen LogP contribution in [0, 0.1) is 0 Å². The Morgan fingerprint density at radius 2 is 1.85 bits per heavy atom. The van der Waals surface area contributed by atoms with Crippen molar-refractivity contribution in [2.45, 2.75) is 12.2 Å². The Morgan fingerprint density at radius 3 is 2.50 bits per heavy atom. The molecule has 3 rings (SSSR count). The summed E-state index contributed by atoms with van der Waals surface area (Å²) in [5.74, 6) is -0.275. The summed E-state index contributed by atoms with van der Waals surface area (Å²) in [6.07, 6.45) is -4.45. The van der Waals surface area contributed by atoms with Crippen molar-refractivity contribution < 1.29 is 27.8 Å². The number of benzene rings is 2. The predicted octanol–water partition coefficient (Wildman–Crippen LogP) is 3.21. The van der Waals surface area contributed by atoms with Gasteiger partial charge in [0, 0.05) is 12.1 Å². The van der Waals surface area contributed by atoms with Gasteiger partial charge in [0.1, 0.15) is 0 Å². The number of alkyl halides is 3. The number of ether oxygens (including phenoxy) is 1. The molecule has 1 saturated heterocycles. The molecule has 0 aliphatic carbocycles. The van der Waals surface area contributed by atoms with Crippen LogP contribution in [-0.4, -0.2) is 48.3 Å². The van der Waals surface area contributed by atoms with Crippen LogP contribution >= 0.6 is 0 Å². The van der Waals surface area contributed by atoms with Gasteiger partial charge in [0.15, 0.2) is 0 Å². The van der Waals surface area contributed by atoms with Gasteiger partial charge in [-0.25, -0.2) is 0 Å². The zero-order valence-electron chi connectivity index (χ0n) is 13.9. The molecule has 1 atom stereocenters. The number of halogens is 3. The van der Waals surface area contributed by atoms with E-state index >= 15 is 0 Å². The standard InChI is InChI=1S/C19H18F3NO3/c20-19(21,22)17-4-2-1-3-16(17)13-5-7-14(8-6-13)18(25)23-9-10-26-12-15(23)11-24/h1-8,15,24H,9-12H2/t15-/m1/s1. The molecule has 1 N–H and O–H groups in total. The van der Waals surface area contributed by atoms with E-state index in [1.54, 1.807) is 6.07 Å². The van der Waals surface area contributed by atoms with Crippen molar-refractivity contribution >= 4 is 5.91 Å². The summed E-state index contributed by atoms with van der Waals surface area (Å²) < 4.78 is 44.8. The van der Waals surface area contributed by atoms with E-state index in [-0.39, 0.29) is 24.7 Å². The minimum Gasteiger partial charge on any atom is -0.394 e. The minimum absolute atomic E-state index is 0.0682. The molecule has 0 spiro atoms. The van der Waals surface area contributed by atoms with Crippen LogP contribution in [0.15, 0.2) is 48.5 Å². The smallest absolute Gasteiger partial charge is 0.394 e. The molecule has 1 aliphatic heterocycles. The Labute approximate surface area is 148 Å². The molecule has 1 aliphatic rings. The van der Waals surface area contributed by atoms with Gasteiger partial charge in [-0.2, -0.15) is 13.2 Å². The highest BCUT2D eigenvalue weighted by molar-refractivity contribution is 5.95. The van der Waals surface area contributed by atoms with Gasteiger partial charge in [-0.05, 0) is 29.3 Å². The molecule has 138 valence electrons. The van der Waals surface area contributed by atoms with E-state index in [9.17, 15) is 23.1 Å². The summed E-state index contributed by atoms with van der Waals surface area (Å²) in [5, 5.41) is 9.38. The second-order valence-electron chi connectivity index (χ2n) is 6.03. The molecule has 26 heavy (non-hydrogen) atoms. The summed E-state index contributed by atoms with van der Waals surface area (Å²) in [6, 6.07) is 10.9. The average Bonchev–Trinajstić information content (AvgIpc) is 2.67. The van der Waals surface area contributed by atoms with Crippen LogP contribution in [0.3, 0.4) is 0 Å². The summed E-state index contributed by atoms with van der Waals surface area (Å²) in [7, 11) is 0. The largest absolute Gasteiger partial charge is 0.417 e. The first-order valence-electron chi connectivity index (χ1n) is 8.18. The van der Waals surface area contributed by atoms with Crippen molar-refractivity contribution in [2.24, 2.45) is 0 Å². The molecule has 0 saturated carbocycles. The van der Waals surface area contributed by atoms with Crippen LogP contribution in [0.25, 0.3) is 11.1 Å². The lowest BCUT2D eigenvalue weighted by Gasteiger charge is -2.34. The average molecular weight is 365 g/mol. The van der Waals surface area contributed by atoms with Gasteiger partial charge in [-0.1, -0.05) is 30.3 Å². The van der Waals surface area contributed by atoms with E-state index in [1.165, 1.54) is 41.3 Å². The molecular weight excluding hydrogens is 347 g/mol. The summed E-state index contributed by atoms with van der Waals surface area (Å²) in [5.41, 5.74) is 0.0972. The Hall–Kier alpha value is -2.38. The van der Waals surface area contributed by atoms with Crippen molar-refractivity contribution in [2.75, 3.05) is 26.4 Å². The monoisotopic (exact) mass is 365 g/mol. The number of carbonyl (C=O) groups excluding carboxylic acids is 1. The van der Waals surface area contributed by atoms with Crippen LogP contribution in [-0.2, 0) is 10.9 Å². The lowest BCUT2D eigenvalue weighted by Crippen LogP contribution is -2.50. The highest BCUT2D eigenvalue weighted by Crippen LogP contribution is 2.36. The number of rotatable bonds is 3. The van der Waals surface area contributed by atoms with Crippen molar-refractivity contribution in [1.82, 2.24) is 4.90 Å². The predicted molar refractivity (Wildman–Crippen MR) is 89.6 cm³/mol. The number of hydrogen-bond acceptors (Lipinski definition) is 3. The van der Waals surface area contributed by atoms with Crippen LogP contribution in [0.5, 0.6) is 0 Å². The van der Waals surface area contributed by atoms with Gasteiger partial charge >= 0.3 is 6.18 Å². The number of aliphatic hydroxyl groups excluding tert-OH is 1. The zero-order valence-corrected chi connectivity index (χ0v) is 13.9. The van der Waals surface area contributed by atoms with Gasteiger partial charge in [-0.15, -0.1) is 0 Å². The number of morpholine rings is 1. The van der Waals surface area contributed by atoms with Gasteiger partial charge in [0.05, 0.1) is 31.4 Å². The number of carbonyl (C=O) groups is 1. The van der Waals surface area contributed by atoms with E-state index in [0.29, 0.717) is 24.3 Å². The second-order valence-corrected chi connectivity index (χ2v) is 6.03. The fraction of sp³-hybridized carbons (Fsp3) is 0.316. The molecule has 0 aromatic heterocycles. The quantitative estimate of drug-likeness (QED) is 0.909. The van der Waals surface area contributed by atoms with Gasteiger partial charge < -0.3 is 14.7 Å². The topological polar surface area (TPSA) is 49.8 Å². The Kier molecular flexibility index (Phi) is 5.29. The van der Waals surface area contributed by atoms with Crippen molar-refractivity contribution in [1.29, 1.82) is 0 Å². The first kappa shape index (κ1) is 18.4. The van der Waals surface area contributed by atoms with Crippen LogP contribution in [0.2, 0.25) is 0 Å². The third-order valence-electron chi connectivity index (χ3n) is 4.37. The molecule has 2 aromatic rings. The van der Waals surface area contributed by atoms with Gasteiger partial charge in [0.25, 0.3) is 5.91 Å². The summed E-state index contributed by atoms with van der Waals surface area (Å²) >= 11 is 0. The Morgan fingerprint density at radius 1 is 1.15 bits per heavy atom. The third-order valence-corrected chi connectivity index (χ3v) is 4.37. The fourth-order valence-electron chi connectivity index (χ4n) is 3.01. The molecular formula is C19H18F3NO3. The highest BCUT2D eigenvalue weighted by atomic mass is 19.4.